The molecule has 0 aliphatic carbocycles. The van der Waals surface area contributed by atoms with Crippen LogP contribution in [0.25, 0.3) is 11.0 Å². The summed E-state index contributed by atoms with van der Waals surface area (Å²) >= 11 is 3.20. The molecular weight excluding hydrogens is 493 g/mol. The summed E-state index contributed by atoms with van der Waals surface area (Å²) in [6.45, 7) is 0.0567. The lowest BCUT2D eigenvalue weighted by Gasteiger charge is -2.45. The quantitative estimate of drug-likeness (QED) is 0.390. The van der Waals surface area contributed by atoms with E-state index in [0.717, 1.165) is 11.0 Å². The predicted octanol–water partition coefficient (Wildman–Crippen LogP) is 3.25. The SMILES string of the molecule is Cn1cc(C(=O)N2CC(O)(c3nc4ccccc4[nH]3)C2)c(Nc2ccc(Br)cc2F)cc1=O. The van der Waals surface area contributed by atoms with Crippen molar-refractivity contribution < 1.29 is 14.3 Å². The number of carbonyl (C=O) groups excluding carboxylic acids is 1. The first kappa shape index (κ1) is 21.4. The molecule has 4 aromatic rings. The van der Waals surface area contributed by atoms with Crippen molar-refractivity contribution >= 4 is 44.2 Å². The Balaban J connectivity index is 1.42. The molecule has 3 N–H and O–H groups in total. The molecule has 1 amide bonds. The molecule has 0 unspecified atom stereocenters. The van der Waals surface area contributed by atoms with E-state index in [4.69, 9.17) is 0 Å². The Labute approximate surface area is 195 Å². The number of para-hydroxylation sites is 2. The van der Waals surface area contributed by atoms with E-state index in [1.165, 1.54) is 40.9 Å². The van der Waals surface area contributed by atoms with Crippen molar-refractivity contribution in [2.24, 2.45) is 7.05 Å². The van der Waals surface area contributed by atoms with Gasteiger partial charge in [-0.3, -0.25) is 9.59 Å². The van der Waals surface area contributed by atoms with Gasteiger partial charge < -0.3 is 24.9 Å². The molecule has 33 heavy (non-hydrogen) atoms. The maximum absolute atomic E-state index is 14.3. The minimum atomic E-state index is -1.30. The van der Waals surface area contributed by atoms with Gasteiger partial charge in [-0.25, -0.2) is 9.37 Å². The lowest BCUT2D eigenvalue weighted by atomic mass is 9.92. The molecule has 0 bridgehead atoms. The van der Waals surface area contributed by atoms with E-state index in [-0.39, 0.29) is 35.6 Å². The number of anilines is 2. The summed E-state index contributed by atoms with van der Waals surface area (Å²) in [6.07, 6.45) is 1.41. The molecule has 0 radical (unpaired) electrons. The number of aromatic nitrogens is 3. The van der Waals surface area contributed by atoms with Crippen molar-refractivity contribution in [2.45, 2.75) is 5.60 Å². The third-order valence-electron chi connectivity index (χ3n) is 5.68. The van der Waals surface area contributed by atoms with Gasteiger partial charge in [-0.05, 0) is 30.3 Å². The van der Waals surface area contributed by atoms with Gasteiger partial charge in [0.2, 0.25) is 0 Å². The number of likely N-dealkylation sites (tertiary alicyclic amines) is 1. The Morgan fingerprint density at radius 1 is 1.21 bits per heavy atom. The molecule has 1 aliphatic heterocycles. The van der Waals surface area contributed by atoms with Crippen molar-refractivity contribution in [2.75, 3.05) is 18.4 Å². The number of nitrogens with zero attached hydrogens (tertiary/aromatic N) is 3. The molecule has 168 valence electrons. The van der Waals surface area contributed by atoms with E-state index >= 15 is 0 Å². The number of H-pyrrole nitrogens is 1. The van der Waals surface area contributed by atoms with Gasteiger partial charge in [0.25, 0.3) is 11.5 Å². The monoisotopic (exact) mass is 511 g/mol. The smallest absolute Gasteiger partial charge is 0.257 e. The third-order valence-corrected chi connectivity index (χ3v) is 6.17. The van der Waals surface area contributed by atoms with Crippen LogP contribution in [0.2, 0.25) is 0 Å². The van der Waals surface area contributed by atoms with Gasteiger partial charge in [0, 0.05) is 23.8 Å². The van der Waals surface area contributed by atoms with Gasteiger partial charge in [0.05, 0.1) is 41.1 Å². The van der Waals surface area contributed by atoms with Crippen LogP contribution >= 0.6 is 15.9 Å². The van der Waals surface area contributed by atoms with Crippen molar-refractivity contribution in [3.8, 4) is 0 Å². The van der Waals surface area contributed by atoms with Crippen LogP contribution in [0.3, 0.4) is 0 Å². The Morgan fingerprint density at radius 3 is 2.70 bits per heavy atom. The number of imidazole rings is 1. The predicted molar refractivity (Wildman–Crippen MR) is 125 cm³/mol. The Kier molecular flexibility index (Phi) is 5.06. The van der Waals surface area contributed by atoms with Crippen molar-refractivity contribution in [3.05, 3.63) is 86.8 Å². The number of aliphatic hydroxyl groups is 1. The zero-order valence-corrected chi connectivity index (χ0v) is 19.1. The molecule has 2 aromatic carbocycles. The number of rotatable bonds is 4. The second kappa shape index (κ2) is 7.82. The fraction of sp³-hybridized carbons (Fsp3) is 0.174. The van der Waals surface area contributed by atoms with E-state index in [0.29, 0.717) is 10.3 Å². The number of halogens is 2. The van der Waals surface area contributed by atoms with E-state index < -0.39 is 17.3 Å². The van der Waals surface area contributed by atoms with Crippen molar-refractivity contribution in [1.29, 1.82) is 0 Å². The number of hydrogen-bond acceptors (Lipinski definition) is 5. The number of aromatic amines is 1. The minimum absolute atomic E-state index is 0.0284. The number of nitrogens with one attached hydrogen (secondary N) is 2. The third kappa shape index (κ3) is 3.81. The van der Waals surface area contributed by atoms with Crippen molar-refractivity contribution in [3.63, 3.8) is 0 Å². The van der Waals surface area contributed by atoms with Gasteiger partial charge in [-0.15, -0.1) is 0 Å². The summed E-state index contributed by atoms with van der Waals surface area (Å²) in [5.41, 5.74) is 0.366. The van der Waals surface area contributed by atoms with Crippen LogP contribution < -0.4 is 10.9 Å². The lowest BCUT2D eigenvalue weighted by molar-refractivity contribution is -0.0916. The number of fused-ring (bicyclic) bond motifs is 1. The number of pyridine rings is 1. The number of carbonyl (C=O) groups is 1. The largest absolute Gasteiger partial charge is 0.378 e. The number of benzene rings is 2. The topological polar surface area (TPSA) is 103 Å². The Hall–Kier alpha value is -3.50. The summed E-state index contributed by atoms with van der Waals surface area (Å²) < 4.78 is 16.2. The number of aryl methyl sites for hydroxylation is 1. The first-order chi connectivity index (χ1) is 15.7. The molecule has 0 saturated carbocycles. The van der Waals surface area contributed by atoms with Gasteiger partial charge in [0.15, 0.2) is 5.60 Å². The summed E-state index contributed by atoms with van der Waals surface area (Å²) in [5.74, 6) is -0.540. The summed E-state index contributed by atoms with van der Waals surface area (Å²) in [5, 5.41) is 13.9. The van der Waals surface area contributed by atoms with Crippen LogP contribution in [0.1, 0.15) is 16.2 Å². The number of amides is 1. The molecule has 1 fully saturated rings. The summed E-state index contributed by atoms with van der Waals surface area (Å²) in [7, 11) is 1.53. The average molecular weight is 512 g/mol. The van der Waals surface area contributed by atoms with Gasteiger partial charge in [-0.2, -0.15) is 0 Å². The molecule has 5 rings (SSSR count). The van der Waals surface area contributed by atoms with Crippen LogP contribution in [0.15, 0.2) is 64.0 Å². The first-order valence-corrected chi connectivity index (χ1v) is 10.9. The second-order valence-corrected chi connectivity index (χ2v) is 9.01. The van der Waals surface area contributed by atoms with Crippen LogP contribution in [-0.4, -0.2) is 43.5 Å². The highest BCUT2D eigenvalue weighted by atomic mass is 79.9. The highest BCUT2D eigenvalue weighted by Gasteiger charge is 2.48. The molecular formula is C23H19BrFN5O3. The standard InChI is InChI=1S/C23H19BrFN5O3/c1-29-10-14(19(9-20(29)31)26-16-7-6-13(24)8-15(16)25)21(32)30-11-23(33,12-30)22-27-17-4-2-3-5-18(17)28-22/h2-10,26,33H,11-12H2,1H3,(H,27,28). The number of β-amino-alcohol motifs (C(OH)–C–C–N with tert-alkyl or cyclic N) is 1. The maximum atomic E-state index is 14.3. The van der Waals surface area contributed by atoms with Crippen LogP contribution in [0, 0.1) is 5.82 Å². The first-order valence-electron chi connectivity index (χ1n) is 10.1. The summed E-state index contributed by atoms with van der Waals surface area (Å²) in [4.78, 5) is 34.5. The lowest BCUT2D eigenvalue weighted by Crippen LogP contribution is -2.61. The van der Waals surface area contributed by atoms with Crippen molar-refractivity contribution in [1.82, 2.24) is 19.4 Å². The van der Waals surface area contributed by atoms with Gasteiger partial charge in [-0.1, -0.05) is 28.1 Å². The fourth-order valence-electron chi connectivity index (χ4n) is 3.86. The molecule has 3 heterocycles. The normalized spacial score (nSPS) is 14.8. The molecule has 8 nitrogen and oxygen atoms in total. The van der Waals surface area contributed by atoms with Crippen LogP contribution in [0.5, 0.6) is 0 Å². The van der Waals surface area contributed by atoms with Crippen LogP contribution in [-0.2, 0) is 12.6 Å². The maximum Gasteiger partial charge on any atom is 0.257 e. The van der Waals surface area contributed by atoms with E-state index in [1.807, 2.05) is 24.3 Å². The molecule has 10 heteroatoms. The Morgan fingerprint density at radius 2 is 1.97 bits per heavy atom. The molecule has 1 saturated heterocycles. The zero-order valence-electron chi connectivity index (χ0n) is 17.5. The van der Waals surface area contributed by atoms with Gasteiger partial charge >= 0.3 is 0 Å². The highest BCUT2D eigenvalue weighted by molar-refractivity contribution is 9.10. The highest BCUT2D eigenvalue weighted by Crippen LogP contribution is 2.34. The van der Waals surface area contributed by atoms with E-state index in [2.05, 4.69) is 31.2 Å². The van der Waals surface area contributed by atoms with E-state index in [9.17, 15) is 19.1 Å². The van der Waals surface area contributed by atoms with Gasteiger partial charge in [0.1, 0.15) is 11.6 Å². The summed E-state index contributed by atoms with van der Waals surface area (Å²) in [6, 6.07) is 13.1. The Bertz CT molecular complexity index is 1430. The molecule has 2 aromatic heterocycles. The fourth-order valence-corrected chi connectivity index (χ4v) is 4.19. The molecule has 0 spiro atoms. The molecule has 1 aliphatic rings. The van der Waals surface area contributed by atoms with E-state index in [1.54, 1.807) is 6.07 Å². The molecule has 0 atom stereocenters. The zero-order chi connectivity index (χ0) is 23.3. The average Bonchev–Trinajstić information content (AvgIpc) is 3.20. The van der Waals surface area contributed by atoms with Crippen LogP contribution in [0.4, 0.5) is 15.8 Å². The number of hydrogen-bond donors (Lipinski definition) is 3. The second-order valence-electron chi connectivity index (χ2n) is 8.09. The minimum Gasteiger partial charge on any atom is -0.378 e.